The Hall–Kier alpha value is -2.24. The third-order valence-corrected chi connectivity index (χ3v) is 8.34. The lowest BCUT2D eigenvalue weighted by molar-refractivity contribution is 0.148. The third kappa shape index (κ3) is 3.44. The van der Waals surface area contributed by atoms with Gasteiger partial charge in [0.15, 0.2) is 0 Å². The van der Waals surface area contributed by atoms with Crippen LogP contribution in [0, 0.1) is 19.3 Å². The van der Waals surface area contributed by atoms with E-state index < -0.39 is 0 Å². The number of fused-ring (bicyclic) bond motifs is 1. The zero-order chi connectivity index (χ0) is 20.7. The SMILES string of the molecule is Cc1nccc(Sc2cnc([C@H]3CC[C@]4(CC3)Cc3ccccc3C4N)cn2)c1C. The van der Waals surface area contributed by atoms with Crippen molar-refractivity contribution in [2.45, 2.75) is 67.8 Å². The molecule has 0 radical (unpaired) electrons. The number of hydrogen-bond acceptors (Lipinski definition) is 5. The van der Waals surface area contributed by atoms with Crippen LogP contribution >= 0.6 is 11.8 Å². The first kappa shape index (κ1) is 19.7. The zero-order valence-corrected chi connectivity index (χ0v) is 18.5. The fourth-order valence-corrected chi connectivity index (χ4v) is 6.09. The molecule has 154 valence electrons. The highest BCUT2D eigenvalue weighted by molar-refractivity contribution is 7.99. The zero-order valence-electron chi connectivity index (χ0n) is 17.6. The van der Waals surface area contributed by atoms with Crippen molar-refractivity contribution in [3.05, 3.63) is 77.0 Å². The molecular formula is C25H28N4S. The normalized spacial score (nSPS) is 25.4. The van der Waals surface area contributed by atoms with Crippen LogP contribution < -0.4 is 5.73 Å². The van der Waals surface area contributed by atoms with Gasteiger partial charge in [-0.15, -0.1) is 0 Å². The number of nitrogens with two attached hydrogens (primary N) is 1. The maximum atomic E-state index is 6.72. The molecule has 2 aromatic heterocycles. The second kappa shape index (κ2) is 7.78. The minimum atomic E-state index is 0.173. The molecule has 0 saturated heterocycles. The molecule has 2 aliphatic rings. The van der Waals surface area contributed by atoms with Gasteiger partial charge < -0.3 is 5.73 Å². The number of rotatable bonds is 3. The highest BCUT2D eigenvalue weighted by Crippen LogP contribution is 2.55. The van der Waals surface area contributed by atoms with Gasteiger partial charge in [0.25, 0.3) is 0 Å². The molecule has 5 rings (SSSR count). The van der Waals surface area contributed by atoms with Crippen LogP contribution in [-0.4, -0.2) is 15.0 Å². The Morgan fingerprint density at radius 3 is 2.53 bits per heavy atom. The molecule has 2 N–H and O–H groups in total. The molecule has 4 nitrogen and oxygen atoms in total. The van der Waals surface area contributed by atoms with Crippen molar-refractivity contribution in [2.24, 2.45) is 11.1 Å². The Morgan fingerprint density at radius 2 is 1.80 bits per heavy atom. The van der Waals surface area contributed by atoms with Crippen molar-refractivity contribution in [3.63, 3.8) is 0 Å². The minimum absolute atomic E-state index is 0.173. The molecule has 0 aliphatic heterocycles. The van der Waals surface area contributed by atoms with Gasteiger partial charge in [0.1, 0.15) is 5.03 Å². The van der Waals surface area contributed by atoms with Crippen LogP contribution in [0.1, 0.15) is 65.7 Å². The van der Waals surface area contributed by atoms with E-state index in [4.69, 9.17) is 15.7 Å². The van der Waals surface area contributed by atoms with Crippen LogP contribution in [0.4, 0.5) is 0 Å². The number of hydrogen-bond donors (Lipinski definition) is 1. The highest BCUT2D eigenvalue weighted by atomic mass is 32.2. The van der Waals surface area contributed by atoms with E-state index in [-0.39, 0.29) is 11.5 Å². The van der Waals surface area contributed by atoms with Crippen LogP contribution in [0.5, 0.6) is 0 Å². The Labute approximate surface area is 182 Å². The van der Waals surface area contributed by atoms with E-state index in [1.165, 1.54) is 34.4 Å². The van der Waals surface area contributed by atoms with Crippen LogP contribution in [-0.2, 0) is 6.42 Å². The average molecular weight is 417 g/mol. The second-order valence-electron chi connectivity index (χ2n) is 8.89. The van der Waals surface area contributed by atoms with Gasteiger partial charge in [-0.1, -0.05) is 36.0 Å². The summed E-state index contributed by atoms with van der Waals surface area (Å²) in [7, 11) is 0. The Kier molecular flexibility index (Phi) is 5.11. The first-order valence-corrected chi connectivity index (χ1v) is 11.6. The van der Waals surface area contributed by atoms with E-state index in [9.17, 15) is 0 Å². The Morgan fingerprint density at radius 1 is 1.00 bits per heavy atom. The summed E-state index contributed by atoms with van der Waals surface area (Å²) >= 11 is 1.66. The fraction of sp³-hybridized carbons (Fsp3) is 0.400. The Bertz CT molecular complexity index is 1050. The summed E-state index contributed by atoms with van der Waals surface area (Å²) in [5.74, 6) is 0.489. The fourth-order valence-electron chi connectivity index (χ4n) is 5.22. The number of benzene rings is 1. The maximum Gasteiger partial charge on any atom is 0.119 e. The molecule has 1 atom stereocenters. The van der Waals surface area contributed by atoms with Crippen molar-refractivity contribution >= 4 is 11.8 Å². The van der Waals surface area contributed by atoms with E-state index in [0.717, 1.165) is 35.7 Å². The van der Waals surface area contributed by atoms with Gasteiger partial charge in [-0.05, 0) is 74.1 Å². The number of pyridine rings is 1. The first-order chi connectivity index (χ1) is 14.6. The van der Waals surface area contributed by atoms with E-state index in [2.05, 4.69) is 36.2 Å². The van der Waals surface area contributed by atoms with Crippen molar-refractivity contribution in [1.82, 2.24) is 15.0 Å². The largest absolute Gasteiger partial charge is 0.323 e. The summed E-state index contributed by atoms with van der Waals surface area (Å²) in [6.07, 6.45) is 11.5. The van der Waals surface area contributed by atoms with E-state index in [0.29, 0.717) is 5.92 Å². The predicted octanol–water partition coefficient (Wildman–Crippen LogP) is 5.54. The van der Waals surface area contributed by atoms with Crippen LogP contribution in [0.2, 0.25) is 0 Å². The molecule has 2 aliphatic carbocycles. The lowest BCUT2D eigenvalue weighted by Crippen LogP contribution is -2.35. The summed E-state index contributed by atoms with van der Waals surface area (Å²) in [5, 5.41) is 0.938. The third-order valence-electron chi connectivity index (χ3n) is 7.26. The molecule has 1 saturated carbocycles. The van der Waals surface area contributed by atoms with Crippen LogP contribution in [0.15, 0.2) is 58.8 Å². The molecule has 30 heavy (non-hydrogen) atoms. The van der Waals surface area contributed by atoms with Gasteiger partial charge in [0.05, 0.1) is 18.1 Å². The van der Waals surface area contributed by atoms with E-state index in [1.807, 2.05) is 31.6 Å². The molecule has 3 aromatic rings. The summed E-state index contributed by atoms with van der Waals surface area (Å²) in [5.41, 5.74) is 13.2. The van der Waals surface area contributed by atoms with Gasteiger partial charge in [-0.3, -0.25) is 9.97 Å². The highest BCUT2D eigenvalue weighted by Gasteiger charge is 2.46. The maximum absolute atomic E-state index is 6.72. The number of aromatic nitrogens is 3. The van der Waals surface area contributed by atoms with Crippen LogP contribution in [0.25, 0.3) is 0 Å². The monoisotopic (exact) mass is 416 g/mol. The average Bonchev–Trinajstić information content (AvgIpc) is 3.04. The molecule has 1 spiro atoms. The molecule has 1 fully saturated rings. The Balaban J connectivity index is 1.26. The smallest absolute Gasteiger partial charge is 0.119 e. The van der Waals surface area contributed by atoms with Crippen molar-refractivity contribution in [3.8, 4) is 0 Å². The van der Waals surface area contributed by atoms with E-state index in [1.54, 1.807) is 11.8 Å². The minimum Gasteiger partial charge on any atom is -0.323 e. The molecule has 2 heterocycles. The number of nitrogens with zero attached hydrogens (tertiary/aromatic N) is 3. The van der Waals surface area contributed by atoms with Crippen molar-refractivity contribution in [1.29, 1.82) is 0 Å². The lowest BCUT2D eigenvalue weighted by Gasteiger charge is -2.40. The molecule has 0 amide bonds. The summed E-state index contributed by atoms with van der Waals surface area (Å²) in [6, 6.07) is 10.9. The van der Waals surface area contributed by atoms with Gasteiger partial charge >= 0.3 is 0 Å². The quantitative estimate of drug-likeness (QED) is 0.607. The first-order valence-electron chi connectivity index (χ1n) is 10.8. The number of aryl methyl sites for hydroxylation is 1. The molecule has 1 unspecified atom stereocenters. The molecule has 1 aromatic carbocycles. The van der Waals surface area contributed by atoms with Crippen LogP contribution in [0.3, 0.4) is 0 Å². The van der Waals surface area contributed by atoms with Gasteiger partial charge in [-0.2, -0.15) is 0 Å². The van der Waals surface area contributed by atoms with Crippen molar-refractivity contribution in [2.75, 3.05) is 0 Å². The summed E-state index contributed by atoms with van der Waals surface area (Å²) in [4.78, 5) is 15.0. The van der Waals surface area contributed by atoms with Gasteiger partial charge in [0, 0.05) is 28.7 Å². The second-order valence-corrected chi connectivity index (χ2v) is 9.95. The van der Waals surface area contributed by atoms with E-state index >= 15 is 0 Å². The standard InChI is InChI=1S/C25H28N4S/c1-16-17(2)27-12-9-22(16)30-23-15-28-21(14-29-23)18-7-10-25(11-8-18)13-19-5-3-4-6-20(19)24(25)26/h3-6,9,12,14-15,18,24H,7-8,10-11,13,26H2,1-2H3/t18-,24?,25-. The molecule has 0 bridgehead atoms. The molecular weight excluding hydrogens is 388 g/mol. The lowest BCUT2D eigenvalue weighted by atomic mass is 9.66. The van der Waals surface area contributed by atoms with Crippen molar-refractivity contribution < 1.29 is 0 Å². The summed E-state index contributed by atoms with van der Waals surface area (Å²) < 4.78 is 0. The summed E-state index contributed by atoms with van der Waals surface area (Å²) in [6.45, 7) is 4.15. The van der Waals surface area contributed by atoms with Gasteiger partial charge in [0.2, 0.25) is 0 Å². The van der Waals surface area contributed by atoms with Gasteiger partial charge in [-0.25, -0.2) is 4.98 Å². The topological polar surface area (TPSA) is 64.7 Å². The molecule has 5 heteroatoms. The predicted molar refractivity (Wildman–Crippen MR) is 121 cm³/mol.